The van der Waals surface area contributed by atoms with E-state index in [1.54, 1.807) is 11.8 Å². The lowest BCUT2D eigenvalue weighted by atomic mass is 10.2. The summed E-state index contributed by atoms with van der Waals surface area (Å²) in [4.78, 5) is 2.27. The van der Waals surface area contributed by atoms with E-state index in [2.05, 4.69) is 44.0 Å². The molecule has 2 rings (SSSR count). The Kier molecular flexibility index (Phi) is 4.27. The first-order valence-corrected chi connectivity index (χ1v) is 7.22. The molecule has 0 aliphatic rings. The van der Waals surface area contributed by atoms with Gasteiger partial charge in [-0.05, 0) is 58.4 Å². The molecule has 2 aromatic carbocycles. The Morgan fingerprint density at radius 2 is 1.71 bits per heavy atom. The standard InChI is InChI=1S/C13H7Br2NS/c14-10-3-6-13(12(15)7-10)17-11-4-1-9(8-16)2-5-11/h1-7H. The van der Waals surface area contributed by atoms with Crippen molar-refractivity contribution in [3.8, 4) is 6.07 Å². The summed E-state index contributed by atoms with van der Waals surface area (Å²) < 4.78 is 2.11. The van der Waals surface area contributed by atoms with E-state index in [4.69, 9.17) is 5.26 Å². The number of nitrogens with zero attached hydrogens (tertiary/aromatic N) is 1. The van der Waals surface area contributed by atoms with E-state index in [0.717, 1.165) is 18.7 Å². The largest absolute Gasteiger partial charge is 0.192 e. The van der Waals surface area contributed by atoms with Crippen molar-refractivity contribution >= 4 is 43.6 Å². The van der Waals surface area contributed by atoms with Crippen molar-refractivity contribution in [1.29, 1.82) is 5.26 Å². The Hall–Kier alpha value is -0.760. The third-order valence-electron chi connectivity index (χ3n) is 2.11. The monoisotopic (exact) mass is 367 g/mol. The molecule has 0 aliphatic carbocycles. The fourth-order valence-electron chi connectivity index (χ4n) is 1.28. The average molecular weight is 369 g/mol. The van der Waals surface area contributed by atoms with Crippen LogP contribution < -0.4 is 0 Å². The van der Waals surface area contributed by atoms with Crippen LogP contribution in [0.4, 0.5) is 0 Å². The van der Waals surface area contributed by atoms with Crippen LogP contribution in [0.2, 0.25) is 0 Å². The van der Waals surface area contributed by atoms with Crippen molar-refractivity contribution in [1.82, 2.24) is 0 Å². The van der Waals surface area contributed by atoms with Crippen LogP contribution in [0.3, 0.4) is 0 Å². The summed E-state index contributed by atoms with van der Waals surface area (Å²) >= 11 is 8.62. The number of hydrogen-bond acceptors (Lipinski definition) is 2. The number of rotatable bonds is 2. The van der Waals surface area contributed by atoms with Crippen LogP contribution in [-0.4, -0.2) is 0 Å². The first-order valence-electron chi connectivity index (χ1n) is 4.82. The molecule has 0 aromatic heterocycles. The van der Waals surface area contributed by atoms with Crippen LogP contribution in [0.25, 0.3) is 0 Å². The molecule has 0 spiro atoms. The Morgan fingerprint density at radius 3 is 2.29 bits per heavy atom. The highest BCUT2D eigenvalue weighted by molar-refractivity contribution is 9.11. The second-order valence-electron chi connectivity index (χ2n) is 3.31. The lowest BCUT2D eigenvalue weighted by Gasteiger charge is -2.04. The predicted octanol–water partition coefficient (Wildman–Crippen LogP) is 5.23. The van der Waals surface area contributed by atoms with Crippen molar-refractivity contribution < 1.29 is 0 Å². The van der Waals surface area contributed by atoms with E-state index < -0.39 is 0 Å². The summed E-state index contributed by atoms with van der Waals surface area (Å²) in [6, 6.07) is 15.8. The van der Waals surface area contributed by atoms with Crippen LogP contribution in [-0.2, 0) is 0 Å². The lowest BCUT2D eigenvalue weighted by Crippen LogP contribution is -1.78. The fraction of sp³-hybridized carbons (Fsp3) is 0. The summed E-state index contributed by atoms with van der Waals surface area (Å²) in [7, 11) is 0. The number of halogens is 2. The summed E-state index contributed by atoms with van der Waals surface area (Å²) in [6.07, 6.45) is 0. The topological polar surface area (TPSA) is 23.8 Å². The molecule has 1 nitrogen and oxygen atoms in total. The second-order valence-corrected chi connectivity index (χ2v) is 6.20. The van der Waals surface area contributed by atoms with Gasteiger partial charge in [-0.3, -0.25) is 0 Å². The van der Waals surface area contributed by atoms with Crippen molar-refractivity contribution in [2.45, 2.75) is 9.79 Å². The van der Waals surface area contributed by atoms with Crippen LogP contribution in [0, 0.1) is 11.3 Å². The number of nitriles is 1. The molecule has 0 radical (unpaired) electrons. The summed E-state index contributed by atoms with van der Waals surface area (Å²) in [5, 5.41) is 8.72. The molecule has 0 aliphatic heterocycles. The molecule has 4 heteroatoms. The smallest absolute Gasteiger partial charge is 0.0991 e. The molecule has 0 bridgehead atoms. The minimum Gasteiger partial charge on any atom is -0.192 e. The van der Waals surface area contributed by atoms with Gasteiger partial charge in [0.15, 0.2) is 0 Å². The molecule has 0 atom stereocenters. The highest BCUT2D eigenvalue weighted by atomic mass is 79.9. The fourth-order valence-corrected chi connectivity index (χ4v) is 3.39. The minimum absolute atomic E-state index is 0.684. The molecule has 0 N–H and O–H groups in total. The Balaban J connectivity index is 2.23. The zero-order valence-electron chi connectivity index (χ0n) is 8.65. The average Bonchev–Trinajstić information content (AvgIpc) is 2.34. The lowest BCUT2D eigenvalue weighted by molar-refractivity contribution is 1.35. The van der Waals surface area contributed by atoms with Crippen LogP contribution in [0.1, 0.15) is 5.56 Å². The van der Waals surface area contributed by atoms with Gasteiger partial charge in [0.1, 0.15) is 0 Å². The third kappa shape index (κ3) is 3.35. The maximum atomic E-state index is 8.72. The first-order chi connectivity index (χ1) is 8.19. The maximum absolute atomic E-state index is 8.72. The summed E-state index contributed by atoms with van der Waals surface area (Å²) in [6.45, 7) is 0. The van der Waals surface area contributed by atoms with Crippen molar-refractivity contribution in [2.75, 3.05) is 0 Å². The second kappa shape index (κ2) is 5.72. The van der Waals surface area contributed by atoms with Crippen molar-refractivity contribution in [3.05, 3.63) is 57.0 Å². The van der Waals surface area contributed by atoms with Gasteiger partial charge in [0.25, 0.3) is 0 Å². The molecule has 0 saturated carbocycles. The van der Waals surface area contributed by atoms with Gasteiger partial charge in [-0.15, -0.1) is 0 Å². The summed E-state index contributed by atoms with van der Waals surface area (Å²) in [5.41, 5.74) is 0.684. The SMILES string of the molecule is N#Cc1ccc(Sc2ccc(Br)cc2Br)cc1. The Morgan fingerprint density at radius 1 is 1.00 bits per heavy atom. The third-order valence-corrected chi connectivity index (χ3v) is 4.60. The minimum atomic E-state index is 0.684. The molecule has 0 saturated heterocycles. The Bertz CT molecular complexity index is 573. The van der Waals surface area contributed by atoms with Gasteiger partial charge in [0.05, 0.1) is 11.6 Å². The number of benzene rings is 2. The van der Waals surface area contributed by atoms with Gasteiger partial charge in [-0.1, -0.05) is 27.7 Å². The molecular formula is C13H7Br2NS. The zero-order valence-corrected chi connectivity index (χ0v) is 12.6. The maximum Gasteiger partial charge on any atom is 0.0991 e. The van der Waals surface area contributed by atoms with Crippen molar-refractivity contribution in [3.63, 3.8) is 0 Å². The molecule has 84 valence electrons. The normalized spacial score (nSPS) is 9.94. The first kappa shape index (κ1) is 12.7. The van der Waals surface area contributed by atoms with Gasteiger partial charge in [0, 0.05) is 18.7 Å². The zero-order chi connectivity index (χ0) is 12.3. The van der Waals surface area contributed by atoms with E-state index in [9.17, 15) is 0 Å². The predicted molar refractivity (Wildman–Crippen MR) is 77.1 cm³/mol. The van der Waals surface area contributed by atoms with Crippen LogP contribution >= 0.6 is 43.6 Å². The molecule has 0 amide bonds. The number of hydrogen-bond donors (Lipinski definition) is 0. The van der Waals surface area contributed by atoms with Crippen LogP contribution in [0.5, 0.6) is 0 Å². The highest BCUT2D eigenvalue weighted by Crippen LogP contribution is 2.34. The van der Waals surface area contributed by atoms with Gasteiger partial charge in [-0.25, -0.2) is 0 Å². The molecule has 2 aromatic rings. The van der Waals surface area contributed by atoms with Gasteiger partial charge in [-0.2, -0.15) is 5.26 Å². The summed E-state index contributed by atoms with van der Waals surface area (Å²) in [5.74, 6) is 0. The molecular weight excluding hydrogens is 362 g/mol. The molecule has 0 fully saturated rings. The van der Waals surface area contributed by atoms with E-state index >= 15 is 0 Å². The van der Waals surface area contributed by atoms with E-state index in [1.807, 2.05) is 36.4 Å². The van der Waals surface area contributed by atoms with E-state index in [-0.39, 0.29) is 0 Å². The van der Waals surface area contributed by atoms with Crippen molar-refractivity contribution in [2.24, 2.45) is 0 Å². The highest BCUT2D eigenvalue weighted by Gasteiger charge is 2.03. The molecule has 0 unspecified atom stereocenters. The Labute approximate surface area is 121 Å². The van der Waals surface area contributed by atoms with Gasteiger partial charge in [0.2, 0.25) is 0 Å². The van der Waals surface area contributed by atoms with Gasteiger partial charge < -0.3 is 0 Å². The van der Waals surface area contributed by atoms with Crippen LogP contribution in [0.15, 0.2) is 61.2 Å². The molecule has 17 heavy (non-hydrogen) atoms. The van der Waals surface area contributed by atoms with E-state index in [1.165, 1.54) is 0 Å². The molecule has 0 heterocycles. The van der Waals surface area contributed by atoms with Gasteiger partial charge >= 0.3 is 0 Å². The quantitative estimate of drug-likeness (QED) is 0.724. The van der Waals surface area contributed by atoms with E-state index in [0.29, 0.717) is 5.56 Å².